The highest BCUT2D eigenvalue weighted by Crippen LogP contribution is 2.42. The Morgan fingerprint density at radius 1 is 0.943 bits per heavy atom. The first kappa shape index (κ1) is 21.9. The molecule has 1 aliphatic carbocycles. The standard InChI is InChI=1S/C28H29N3O4/c1-32-25-15-22-23(16-26(25)34-18-19-5-3-2-4-6-19)29-12-9-24(22)35-27-17-31(21-7-8-21)30-28(27)20-10-13-33-14-11-20/h2-6,9,12,15-17,20-21H,7-8,10-11,13-14,18H2,1H3. The minimum absolute atomic E-state index is 0.347. The highest BCUT2D eigenvalue weighted by atomic mass is 16.5. The number of methoxy groups -OCH3 is 1. The van der Waals surface area contributed by atoms with Crippen LogP contribution in [0.3, 0.4) is 0 Å². The number of pyridine rings is 1. The van der Waals surface area contributed by atoms with Crippen molar-refractivity contribution in [3.05, 3.63) is 72.2 Å². The molecular weight excluding hydrogens is 442 g/mol. The van der Waals surface area contributed by atoms with Crippen LogP contribution < -0.4 is 14.2 Å². The lowest BCUT2D eigenvalue weighted by molar-refractivity contribution is 0.0839. The molecule has 0 radical (unpaired) electrons. The summed E-state index contributed by atoms with van der Waals surface area (Å²) in [6.45, 7) is 1.98. The second kappa shape index (κ2) is 9.58. The molecule has 3 heterocycles. The number of benzene rings is 2. The van der Waals surface area contributed by atoms with Gasteiger partial charge in [-0.1, -0.05) is 30.3 Å². The van der Waals surface area contributed by atoms with E-state index in [0.29, 0.717) is 30.1 Å². The van der Waals surface area contributed by atoms with Crippen molar-refractivity contribution in [2.45, 2.75) is 44.2 Å². The summed E-state index contributed by atoms with van der Waals surface area (Å²) in [6, 6.07) is 16.3. The van der Waals surface area contributed by atoms with Gasteiger partial charge in [0.15, 0.2) is 17.2 Å². The number of ether oxygens (including phenoxy) is 4. The largest absolute Gasteiger partial charge is 0.493 e. The van der Waals surface area contributed by atoms with Gasteiger partial charge >= 0.3 is 0 Å². The summed E-state index contributed by atoms with van der Waals surface area (Å²) in [6.07, 6.45) is 8.11. The molecular formula is C28H29N3O4. The van der Waals surface area contributed by atoms with Crippen LogP contribution in [0, 0.1) is 0 Å². The summed E-state index contributed by atoms with van der Waals surface area (Å²) in [4.78, 5) is 4.58. The van der Waals surface area contributed by atoms with Crippen molar-refractivity contribution >= 4 is 10.9 Å². The number of fused-ring (bicyclic) bond motifs is 1. The Morgan fingerprint density at radius 2 is 1.77 bits per heavy atom. The minimum Gasteiger partial charge on any atom is -0.493 e. The zero-order chi connectivity index (χ0) is 23.6. The van der Waals surface area contributed by atoms with Gasteiger partial charge in [0.25, 0.3) is 0 Å². The Labute approximate surface area is 204 Å². The zero-order valence-corrected chi connectivity index (χ0v) is 19.9. The van der Waals surface area contributed by atoms with Crippen LogP contribution in [0.5, 0.6) is 23.0 Å². The lowest BCUT2D eigenvalue weighted by atomic mass is 9.96. The highest BCUT2D eigenvalue weighted by molar-refractivity contribution is 5.88. The SMILES string of the molecule is COc1cc2c(Oc3cn(C4CC4)nc3C3CCOCC3)ccnc2cc1OCc1ccccc1. The molecule has 2 aromatic heterocycles. The number of rotatable bonds is 8. The zero-order valence-electron chi connectivity index (χ0n) is 19.9. The van der Waals surface area contributed by atoms with E-state index in [9.17, 15) is 0 Å². The van der Waals surface area contributed by atoms with Gasteiger partial charge in [-0.15, -0.1) is 0 Å². The molecule has 7 nitrogen and oxygen atoms in total. The fourth-order valence-corrected chi connectivity index (χ4v) is 4.59. The first-order valence-electron chi connectivity index (χ1n) is 12.3. The molecule has 7 heteroatoms. The Morgan fingerprint density at radius 3 is 2.54 bits per heavy atom. The summed E-state index contributed by atoms with van der Waals surface area (Å²) < 4.78 is 26.0. The van der Waals surface area contributed by atoms with E-state index < -0.39 is 0 Å². The molecule has 180 valence electrons. The van der Waals surface area contributed by atoms with E-state index >= 15 is 0 Å². The van der Waals surface area contributed by atoms with Crippen molar-refractivity contribution in [3.63, 3.8) is 0 Å². The number of nitrogens with zero attached hydrogens (tertiary/aromatic N) is 3. The lowest BCUT2D eigenvalue weighted by Gasteiger charge is -2.21. The predicted octanol–water partition coefficient (Wildman–Crippen LogP) is 6.04. The Kier molecular flexibility index (Phi) is 6.00. The fraction of sp³-hybridized carbons (Fsp3) is 0.357. The third kappa shape index (κ3) is 4.68. The monoisotopic (exact) mass is 471 g/mol. The summed E-state index contributed by atoms with van der Waals surface area (Å²) in [5.74, 6) is 3.19. The van der Waals surface area contributed by atoms with Crippen LogP contribution in [0.25, 0.3) is 10.9 Å². The quantitative estimate of drug-likeness (QED) is 0.312. The van der Waals surface area contributed by atoms with Crippen LogP contribution in [-0.2, 0) is 11.3 Å². The molecule has 0 amide bonds. The Balaban J connectivity index is 1.32. The van der Waals surface area contributed by atoms with Crippen molar-refractivity contribution in [2.24, 2.45) is 0 Å². The average molecular weight is 472 g/mol. The van der Waals surface area contributed by atoms with Crippen LogP contribution in [0.1, 0.15) is 48.9 Å². The van der Waals surface area contributed by atoms with Crippen molar-refractivity contribution in [2.75, 3.05) is 20.3 Å². The highest BCUT2D eigenvalue weighted by Gasteiger charge is 2.30. The summed E-state index contributed by atoms with van der Waals surface area (Å²) in [5.41, 5.74) is 2.90. The van der Waals surface area contributed by atoms with Gasteiger partial charge in [-0.2, -0.15) is 5.10 Å². The normalized spacial score (nSPS) is 16.4. The van der Waals surface area contributed by atoms with E-state index in [1.54, 1.807) is 13.3 Å². The van der Waals surface area contributed by atoms with Crippen molar-refractivity contribution < 1.29 is 18.9 Å². The van der Waals surface area contributed by atoms with E-state index in [2.05, 4.69) is 15.9 Å². The van der Waals surface area contributed by atoms with E-state index in [4.69, 9.17) is 24.0 Å². The van der Waals surface area contributed by atoms with Gasteiger partial charge in [-0.25, -0.2) is 0 Å². The van der Waals surface area contributed by atoms with Gasteiger partial charge in [-0.05, 0) is 43.4 Å². The molecule has 0 bridgehead atoms. The molecule has 2 aliphatic rings. The molecule has 35 heavy (non-hydrogen) atoms. The first-order chi connectivity index (χ1) is 17.3. The molecule has 0 atom stereocenters. The Hall–Kier alpha value is -3.58. The third-order valence-corrected chi connectivity index (χ3v) is 6.70. The van der Waals surface area contributed by atoms with Gasteiger partial charge in [-0.3, -0.25) is 9.67 Å². The third-order valence-electron chi connectivity index (χ3n) is 6.70. The van der Waals surface area contributed by atoms with E-state index in [1.807, 2.05) is 48.5 Å². The van der Waals surface area contributed by atoms with Crippen molar-refractivity contribution in [1.82, 2.24) is 14.8 Å². The average Bonchev–Trinajstić information content (AvgIpc) is 3.68. The second-order valence-corrected chi connectivity index (χ2v) is 9.18. The van der Waals surface area contributed by atoms with E-state index in [-0.39, 0.29) is 0 Å². The van der Waals surface area contributed by atoms with Crippen molar-refractivity contribution in [1.29, 1.82) is 0 Å². The van der Waals surface area contributed by atoms with Crippen LogP contribution in [0.2, 0.25) is 0 Å². The maximum Gasteiger partial charge on any atom is 0.168 e. The van der Waals surface area contributed by atoms with Crippen LogP contribution in [0.4, 0.5) is 0 Å². The van der Waals surface area contributed by atoms with Gasteiger partial charge in [0, 0.05) is 36.8 Å². The minimum atomic E-state index is 0.347. The van der Waals surface area contributed by atoms with Gasteiger partial charge in [0.05, 0.1) is 24.9 Å². The molecule has 2 fully saturated rings. The van der Waals surface area contributed by atoms with Crippen molar-refractivity contribution in [3.8, 4) is 23.0 Å². The molecule has 4 aromatic rings. The second-order valence-electron chi connectivity index (χ2n) is 9.18. The van der Waals surface area contributed by atoms with Crippen LogP contribution in [0.15, 0.2) is 60.9 Å². The van der Waals surface area contributed by atoms with Gasteiger partial charge in [0.1, 0.15) is 18.1 Å². The first-order valence-corrected chi connectivity index (χ1v) is 12.3. The number of hydrogen-bond acceptors (Lipinski definition) is 6. The molecule has 1 saturated carbocycles. The summed E-state index contributed by atoms with van der Waals surface area (Å²) in [5, 5.41) is 5.82. The molecule has 2 aromatic carbocycles. The maximum absolute atomic E-state index is 6.54. The smallest absolute Gasteiger partial charge is 0.168 e. The molecule has 0 spiro atoms. The predicted molar refractivity (Wildman–Crippen MR) is 132 cm³/mol. The molecule has 6 rings (SSSR count). The van der Waals surface area contributed by atoms with E-state index in [0.717, 1.165) is 59.7 Å². The summed E-state index contributed by atoms with van der Waals surface area (Å²) in [7, 11) is 1.65. The lowest BCUT2D eigenvalue weighted by Crippen LogP contribution is -2.15. The van der Waals surface area contributed by atoms with E-state index in [1.165, 1.54) is 12.8 Å². The molecule has 1 aliphatic heterocycles. The Bertz CT molecular complexity index is 1310. The molecule has 0 unspecified atom stereocenters. The fourth-order valence-electron chi connectivity index (χ4n) is 4.59. The number of hydrogen-bond donors (Lipinski definition) is 0. The van der Waals surface area contributed by atoms with Crippen LogP contribution in [-0.4, -0.2) is 35.1 Å². The molecule has 1 saturated heterocycles. The number of aromatic nitrogens is 3. The summed E-state index contributed by atoms with van der Waals surface area (Å²) >= 11 is 0. The van der Waals surface area contributed by atoms with Gasteiger partial charge in [0.2, 0.25) is 0 Å². The molecule has 0 N–H and O–H groups in total. The maximum atomic E-state index is 6.54. The van der Waals surface area contributed by atoms with Crippen LogP contribution >= 0.6 is 0 Å². The van der Waals surface area contributed by atoms with Gasteiger partial charge < -0.3 is 18.9 Å². The topological polar surface area (TPSA) is 67.6 Å².